The van der Waals surface area contributed by atoms with Crippen LogP contribution in [0.25, 0.3) is 0 Å². The summed E-state index contributed by atoms with van der Waals surface area (Å²) in [5.41, 5.74) is -0.183. The molecular formula is C12H22N4O. The third kappa shape index (κ3) is 5.49. The third-order valence-corrected chi connectivity index (χ3v) is 2.27. The highest BCUT2D eigenvalue weighted by atomic mass is 16.2. The van der Waals surface area contributed by atoms with Gasteiger partial charge in [0.15, 0.2) is 0 Å². The number of hydrogen-bond donors (Lipinski definition) is 2. The molecule has 0 aliphatic heterocycles. The Labute approximate surface area is 103 Å². The van der Waals surface area contributed by atoms with Crippen molar-refractivity contribution in [1.82, 2.24) is 20.2 Å². The van der Waals surface area contributed by atoms with Crippen molar-refractivity contribution in [2.45, 2.75) is 45.8 Å². The summed E-state index contributed by atoms with van der Waals surface area (Å²) in [4.78, 5) is 15.7. The Kier molecular flexibility index (Phi) is 4.69. The molecule has 1 heterocycles. The topological polar surface area (TPSA) is 59.0 Å². The van der Waals surface area contributed by atoms with Crippen LogP contribution in [0.1, 0.15) is 27.7 Å². The van der Waals surface area contributed by atoms with E-state index in [0.29, 0.717) is 0 Å². The predicted molar refractivity (Wildman–Crippen MR) is 67.6 cm³/mol. The van der Waals surface area contributed by atoms with Gasteiger partial charge in [-0.15, -0.1) is 0 Å². The molecule has 5 nitrogen and oxygen atoms in total. The van der Waals surface area contributed by atoms with Crippen LogP contribution < -0.4 is 10.6 Å². The van der Waals surface area contributed by atoms with Crippen LogP contribution in [-0.2, 0) is 11.3 Å². The first-order valence-electron chi connectivity index (χ1n) is 5.89. The fourth-order valence-corrected chi connectivity index (χ4v) is 1.40. The lowest BCUT2D eigenvalue weighted by Crippen LogP contribution is -2.49. The zero-order valence-electron chi connectivity index (χ0n) is 11.0. The fourth-order valence-electron chi connectivity index (χ4n) is 1.40. The number of hydrogen-bond acceptors (Lipinski definition) is 3. The van der Waals surface area contributed by atoms with Crippen molar-refractivity contribution in [3.05, 3.63) is 18.7 Å². The number of nitrogens with one attached hydrogen (secondary N) is 2. The lowest BCUT2D eigenvalue weighted by Gasteiger charge is -2.23. The van der Waals surface area contributed by atoms with Crippen molar-refractivity contribution in [3.8, 4) is 0 Å². The van der Waals surface area contributed by atoms with E-state index in [1.807, 2.05) is 38.5 Å². The van der Waals surface area contributed by atoms with Gasteiger partial charge >= 0.3 is 0 Å². The quantitative estimate of drug-likeness (QED) is 0.797. The smallest absolute Gasteiger partial charge is 0.237 e. The molecule has 2 N–H and O–H groups in total. The molecule has 0 aliphatic rings. The van der Waals surface area contributed by atoms with Gasteiger partial charge in [-0.2, -0.15) is 0 Å². The van der Waals surface area contributed by atoms with Gasteiger partial charge in [-0.1, -0.05) is 0 Å². The van der Waals surface area contributed by atoms with Crippen LogP contribution >= 0.6 is 0 Å². The second-order valence-corrected chi connectivity index (χ2v) is 5.22. The SMILES string of the molecule is CC(NCCn1ccnc1)C(=O)NC(C)(C)C. The molecule has 0 saturated heterocycles. The highest BCUT2D eigenvalue weighted by molar-refractivity contribution is 5.81. The molecule has 17 heavy (non-hydrogen) atoms. The zero-order valence-corrected chi connectivity index (χ0v) is 11.0. The van der Waals surface area contributed by atoms with E-state index in [9.17, 15) is 4.79 Å². The molecule has 5 heteroatoms. The summed E-state index contributed by atoms with van der Waals surface area (Å²) in [7, 11) is 0. The highest BCUT2D eigenvalue weighted by Gasteiger charge is 2.18. The van der Waals surface area contributed by atoms with Crippen molar-refractivity contribution < 1.29 is 4.79 Å². The molecule has 0 spiro atoms. The average Bonchev–Trinajstić information content (AvgIpc) is 2.67. The van der Waals surface area contributed by atoms with Crippen molar-refractivity contribution >= 4 is 5.91 Å². The third-order valence-electron chi connectivity index (χ3n) is 2.27. The Morgan fingerprint density at radius 1 is 1.47 bits per heavy atom. The number of amides is 1. The van der Waals surface area contributed by atoms with E-state index in [4.69, 9.17) is 0 Å². The Balaban J connectivity index is 2.25. The fraction of sp³-hybridized carbons (Fsp3) is 0.667. The minimum absolute atomic E-state index is 0.0307. The second kappa shape index (κ2) is 5.82. The molecule has 0 radical (unpaired) electrons. The maximum absolute atomic E-state index is 11.8. The summed E-state index contributed by atoms with van der Waals surface area (Å²) < 4.78 is 1.97. The molecule has 1 unspecified atom stereocenters. The van der Waals surface area contributed by atoms with Gasteiger partial charge in [-0.25, -0.2) is 4.98 Å². The van der Waals surface area contributed by atoms with Crippen molar-refractivity contribution in [2.24, 2.45) is 0 Å². The van der Waals surface area contributed by atoms with E-state index in [1.54, 1.807) is 12.5 Å². The van der Waals surface area contributed by atoms with Crippen molar-refractivity contribution in [1.29, 1.82) is 0 Å². The molecule has 1 atom stereocenters. The van der Waals surface area contributed by atoms with Crippen LogP contribution in [-0.4, -0.2) is 33.6 Å². The molecule has 1 amide bonds. The van der Waals surface area contributed by atoms with Crippen molar-refractivity contribution in [2.75, 3.05) is 6.54 Å². The standard InChI is InChI=1S/C12H22N4O/c1-10(11(17)15-12(2,3)4)14-6-8-16-7-5-13-9-16/h5,7,9-10,14H,6,8H2,1-4H3,(H,15,17). The lowest BCUT2D eigenvalue weighted by atomic mass is 10.1. The summed E-state index contributed by atoms with van der Waals surface area (Å²) in [6.07, 6.45) is 5.42. The van der Waals surface area contributed by atoms with Gasteiger partial charge in [0.1, 0.15) is 0 Å². The Morgan fingerprint density at radius 2 is 2.18 bits per heavy atom. The highest BCUT2D eigenvalue weighted by Crippen LogP contribution is 1.99. The molecule has 0 fully saturated rings. The second-order valence-electron chi connectivity index (χ2n) is 5.22. The van der Waals surface area contributed by atoms with Gasteiger partial charge in [0.2, 0.25) is 5.91 Å². The van der Waals surface area contributed by atoms with Gasteiger partial charge in [0, 0.05) is 31.0 Å². The number of aromatic nitrogens is 2. The van der Waals surface area contributed by atoms with Crippen LogP contribution in [0.3, 0.4) is 0 Å². The predicted octanol–water partition coefficient (Wildman–Crippen LogP) is 0.776. The maximum atomic E-state index is 11.8. The van der Waals surface area contributed by atoms with Gasteiger partial charge < -0.3 is 15.2 Å². The van der Waals surface area contributed by atoms with Gasteiger partial charge in [-0.05, 0) is 27.7 Å². The van der Waals surface area contributed by atoms with Gasteiger partial charge in [0.05, 0.1) is 12.4 Å². The van der Waals surface area contributed by atoms with Crippen LogP contribution in [0.4, 0.5) is 0 Å². The molecule has 0 aliphatic carbocycles. The first-order chi connectivity index (χ1) is 7.88. The number of imidazole rings is 1. The van der Waals surface area contributed by atoms with Crippen LogP contribution in [0, 0.1) is 0 Å². The number of carbonyl (C=O) groups excluding carboxylic acids is 1. The van der Waals surface area contributed by atoms with E-state index in [2.05, 4.69) is 15.6 Å². The van der Waals surface area contributed by atoms with E-state index in [-0.39, 0.29) is 17.5 Å². The molecule has 0 bridgehead atoms. The van der Waals surface area contributed by atoms with E-state index < -0.39 is 0 Å². The molecule has 1 aromatic rings. The van der Waals surface area contributed by atoms with Crippen LogP contribution in [0.2, 0.25) is 0 Å². The van der Waals surface area contributed by atoms with Gasteiger partial charge in [-0.3, -0.25) is 4.79 Å². The first-order valence-corrected chi connectivity index (χ1v) is 5.89. The Hall–Kier alpha value is -1.36. The number of nitrogens with zero attached hydrogens (tertiary/aromatic N) is 2. The Morgan fingerprint density at radius 3 is 2.71 bits per heavy atom. The minimum Gasteiger partial charge on any atom is -0.350 e. The van der Waals surface area contributed by atoms with E-state index in [1.165, 1.54) is 0 Å². The minimum atomic E-state index is -0.183. The van der Waals surface area contributed by atoms with Crippen LogP contribution in [0.5, 0.6) is 0 Å². The Bertz CT molecular complexity index is 340. The summed E-state index contributed by atoms with van der Waals surface area (Å²) in [6, 6.07) is -0.183. The summed E-state index contributed by atoms with van der Waals surface area (Å²) in [6.45, 7) is 9.35. The number of carbonyl (C=O) groups is 1. The monoisotopic (exact) mass is 238 g/mol. The van der Waals surface area contributed by atoms with E-state index in [0.717, 1.165) is 13.1 Å². The summed E-state index contributed by atoms with van der Waals surface area (Å²) in [5.74, 6) is 0.0307. The van der Waals surface area contributed by atoms with E-state index >= 15 is 0 Å². The summed E-state index contributed by atoms with van der Waals surface area (Å²) in [5, 5.41) is 6.12. The molecule has 0 aromatic carbocycles. The molecule has 0 saturated carbocycles. The lowest BCUT2D eigenvalue weighted by molar-refractivity contribution is -0.124. The molecular weight excluding hydrogens is 216 g/mol. The molecule has 1 aromatic heterocycles. The van der Waals surface area contributed by atoms with Crippen LogP contribution in [0.15, 0.2) is 18.7 Å². The molecule has 96 valence electrons. The van der Waals surface area contributed by atoms with Gasteiger partial charge in [0.25, 0.3) is 0 Å². The normalized spacial score (nSPS) is 13.4. The largest absolute Gasteiger partial charge is 0.350 e. The maximum Gasteiger partial charge on any atom is 0.237 e. The molecule has 1 rings (SSSR count). The summed E-state index contributed by atoms with van der Waals surface area (Å²) >= 11 is 0. The zero-order chi connectivity index (χ0) is 12.9. The van der Waals surface area contributed by atoms with Crippen molar-refractivity contribution in [3.63, 3.8) is 0 Å². The first kappa shape index (κ1) is 13.7. The average molecular weight is 238 g/mol. The number of rotatable bonds is 5.